The smallest absolute Gasteiger partial charge is 0.289 e. The normalized spacial score (nSPS) is 10.1. The molecule has 98 valence electrons. The first kappa shape index (κ1) is 14.4. The number of hydrogen-bond acceptors (Lipinski definition) is 4. The van der Waals surface area contributed by atoms with Crippen LogP contribution < -0.4 is 10.6 Å². The molecule has 1 amide bonds. The van der Waals surface area contributed by atoms with Crippen LogP contribution in [-0.4, -0.2) is 24.4 Å². The molecule has 0 heterocycles. The lowest BCUT2D eigenvalue weighted by atomic mass is 10.2. The molecule has 7 heteroatoms. The summed E-state index contributed by atoms with van der Waals surface area (Å²) in [5, 5.41) is 16.2. The van der Waals surface area contributed by atoms with Gasteiger partial charge < -0.3 is 10.6 Å². The van der Waals surface area contributed by atoms with Crippen molar-refractivity contribution in [2.45, 2.75) is 12.8 Å². The third-order valence-electron chi connectivity index (χ3n) is 2.26. The number of carbonyl (C=O) groups excluding carboxylic acids is 1. The summed E-state index contributed by atoms with van der Waals surface area (Å²) >= 11 is 5.67. The molecule has 0 atom stereocenters. The number of benzene rings is 1. The first-order chi connectivity index (χ1) is 8.54. The fourth-order valence-electron chi connectivity index (χ4n) is 1.38. The fourth-order valence-corrected chi connectivity index (χ4v) is 1.57. The second-order valence-corrected chi connectivity index (χ2v) is 4.09. The van der Waals surface area contributed by atoms with Gasteiger partial charge in [-0.3, -0.25) is 14.9 Å². The van der Waals surface area contributed by atoms with Gasteiger partial charge in [-0.05, 0) is 32.1 Å². The van der Waals surface area contributed by atoms with Crippen molar-refractivity contribution in [3.8, 4) is 0 Å². The van der Waals surface area contributed by atoms with Crippen LogP contribution in [0.15, 0.2) is 18.2 Å². The summed E-state index contributed by atoms with van der Waals surface area (Å²) in [6, 6.07) is 4.17. The van der Waals surface area contributed by atoms with E-state index in [4.69, 9.17) is 11.6 Å². The molecule has 2 N–H and O–H groups in total. The van der Waals surface area contributed by atoms with Gasteiger partial charge in [0.25, 0.3) is 5.69 Å². The summed E-state index contributed by atoms with van der Waals surface area (Å²) in [6.07, 6.45) is 1.06. The Bertz CT molecular complexity index is 451. The molecule has 0 aliphatic rings. The first-order valence-electron chi connectivity index (χ1n) is 5.43. The molecule has 0 unspecified atom stereocenters. The molecular weight excluding hydrogens is 258 g/mol. The van der Waals surface area contributed by atoms with E-state index in [1.54, 1.807) is 7.05 Å². The summed E-state index contributed by atoms with van der Waals surface area (Å²) in [6.45, 7) is 0.744. The topological polar surface area (TPSA) is 84.3 Å². The van der Waals surface area contributed by atoms with Crippen LogP contribution in [0.1, 0.15) is 12.8 Å². The molecule has 0 bridgehead atoms. The molecule has 0 saturated carbocycles. The van der Waals surface area contributed by atoms with E-state index in [9.17, 15) is 14.9 Å². The minimum absolute atomic E-state index is 0.0492. The number of amides is 1. The molecule has 1 aromatic carbocycles. The summed E-state index contributed by atoms with van der Waals surface area (Å²) in [7, 11) is 1.81. The number of nitro groups is 1. The van der Waals surface area contributed by atoms with Crippen LogP contribution in [0.4, 0.5) is 11.4 Å². The van der Waals surface area contributed by atoms with Crippen molar-refractivity contribution in [1.82, 2.24) is 5.32 Å². The molecule has 6 nitrogen and oxygen atoms in total. The number of hydrogen-bond donors (Lipinski definition) is 2. The third kappa shape index (κ3) is 4.31. The van der Waals surface area contributed by atoms with Crippen LogP contribution in [0.5, 0.6) is 0 Å². The van der Waals surface area contributed by atoms with Gasteiger partial charge in [-0.1, -0.05) is 11.6 Å². The van der Waals surface area contributed by atoms with Crippen LogP contribution in [0, 0.1) is 10.1 Å². The van der Waals surface area contributed by atoms with Gasteiger partial charge in [0.1, 0.15) is 5.02 Å². The second kappa shape index (κ2) is 6.93. The molecule has 0 aliphatic carbocycles. The average Bonchev–Trinajstić information content (AvgIpc) is 2.31. The van der Waals surface area contributed by atoms with Crippen molar-refractivity contribution in [2.24, 2.45) is 0 Å². The third-order valence-corrected chi connectivity index (χ3v) is 2.58. The Hall–Kier alpha value is -1.66. The molecule has 0 aliphatic heterocycles. The lowest BCUT2D eigenvalue weighted by Crippen LogP contribution is -2.15. The number of halogens is 1. The van der Waals surface area contributed by atoms with Crippen LogP contribution in [-0.2, 0) is 4.79 Å². The lowest BCUT2D eigenvalue weighted by molar-refractivity contribution is -0.384. The predicted octanol–water partition coefficient (Wildman–Crippen LogP) is 2.19. The zero-order chi connectivity index (χ0) is 13.5. The molecule has 1 aromatic rings. The van der Waals surface area contributed by atoms with E-state index < -0.39 is 4.92 Å². The van der Waals surface area contributed by atoms with Gasteiger partial charge in [0.2, 0.25) is 5.91 Å². The number of anilines is 1. The SMILES string of the molecule is CNCCCC(=O)Nc1ccc(Cl)c([N+](=O)[O-])c1. The number of rotatable bonds is 6. The quantitative estimate of drug-likeness (QED) is 0.472. The highest BCUT2D eigenvalue weighted by Gasteiger charge is 2.13. The van der Waals surface area contributed by atoms with Crippen molar-refractivity contribution in [2.75, 3.05) is 18.9 Å². The van der Waals surface area contributed by atoms with Crippen LogP contribution >= 0.6 is 11.6 Å². The highest BCUT2D eigenvalue weighted by atomic mass is 35.5. The Kier molecular flexibility index (Phi) is 5.54. The largest absolute Gasteiger partial charge is 0.326 e. The Morgan fingerprint density at radius 2 is 2.22 bits per heavy atom. The zero-order valence-corrected chi connectivity index (χ0v) is 10.7. The molecule has 0 spiro atoms. The highest BCUT2D eigenvalue weighted by molar-refractivity contribution is 6.32. The van der Waals surface area contributed by atoms with E-state index in [1.165, 1.54) is 18.2 Å². The Morgan fingerprint density at radius 1 is 1.50 bits per heavy atom. The summed E-state index contributed by atoms with van der Waals surface area (Å²) < 4.78 is 0. The number of nitrogens with one attached hydrogen (secondary N) is 2. The van der Waals surface area contributed by atoms with Gasteiger partial charge in [-0.25, -0.2) is 0 Å². The molecule has 18 heavy (non-hydrogen) atoms. The lowest BCUT2D eigenvalue weighted by Gasteiger charge is -2.05. The van der Waals surface area contributed by atoms with Crippen LogP contribution in [0.2, 0.25) is 5.02 Å². The van der Waals surface area contributed by atoms with Crippen molar-refractivity contribution in [3.63, 3.8) is 0 Å². The maximum absolute atomic E-state index is 11.5. The molecule has 0 radical (unpaired) electrons. The van der Waals surface area contributed by atoms with Crippen LogP contribution in [0.25, 0.3) is 0 Å². The van der Waals surface area contributed by atoms with Gasteiger partial charge in [-0.2, -0.15) is 0 Å². The minimum atomic E-state index is -0.584. The van der Waals surface area contributed by atoms with E-state index in [0.717, 1.165) is 6.54 Å². The summed E-state index contributed by atoms with van der Waals surface area (Å²) in [4.78, 5) is 21.6. The number of nitrogens with zero attached hydrogens (tertiary/aromatic N) is 1. The average molecular weight is 272 g/mol. The maximum atomic E-state index is 11.5. The van der Waals surface area contributed by atoms with Gasteiger partial charge in [0.15, 0.2) is 0 Å². The molecular formula is C11H14ClN3O3. The summed E-state index contributed by atoms with van der Waals surface area (Å²) in [5.74, 6) is -0.179. The zero-order valence-electron chi connectivity index (χ0n) is 9.90. The van der Waals surface area contributed by atoms with Gasteiger partial charge in [-0.15, -0.1) is 0 Å². The predicted molar refractivity (Wildman–Crippen MR) is 69.9 cm³/mol. The second-order valence-electron chi connectivity index (χ2n) is 3.68. The molecule has 0 fully saturated rings. The maximum Gasteiger partial charge on any atom is 0.289 e. The Balaban J connectivity index is 2.65. The van der Waals surface area contributed by atoms with E-state index in [-0.39, 0.29) is 16.6 Å². The van der Waals surface area contributed by atoms with Crippen molar-refractivity contribution < 1.29 is 9.72 Å². The standard InChI is InChI=1S/C11H14ClN3O3/c1-13-6-2-3-11(16)14-8-4-5-9(12)10(7-8)15(17)18/h4-5,7,13H,2-3,6H2,1H3,(H,14,16). The fraction of sp³-hybridized carbons (Fsp3) is 0.364. The van der Waals surface area contributed by atoms with E-state index in [1.807, 2.05) is 0 Å². The number of nitro benzene ring substituents is 1. The monoisotopic (exact) mass is 271 g/mol. The number of carbonyl (C=O) groups is 1. The van der Waals surface area contributed by atoms with Crippen molar-refractivity contribution >= 4 is 28.9 Å². The molecule has 0 saturated heterocycles. The van der Waals surface area contributed by atoms with E-state index in [2.05, 4.69) is 10.6 Å². The Morgan fingerprint density at radius 3 is 2.83 bits per heavy atom. The van der Waals surface area contributed by atoms with E-state index in [0.29, 0.717) is 18.5 Å². The van der Waals surface area contributed by atoms with E-state index >= 15 is 0 Å². The Labute approximate surface area is 109 Å². The molecule has 0 aromatic heterocycles. The molecule has 1 rings (SSSR count). The first-order valence-corrected chi connectivity index (χ1v) is 5.80. The minimum Gasteiger partial charge on any atom is -0.326 e. The van der Waals surface area contributed by atoms with Crippen molar-refractivity contribution in [3.05, 3.63) is 33.3 Å². The summed E-state index contributed by atoms with van der Waals surface area (Å²) in [5.41, 5.74) is 0.158. The van der Waals surface area contributed by atoms with Gasteiger partial charge in [0, 0.05) is 18.2 Å². The van der Waals surface area contributed by atoms with Crippen molar-refractivity contribution in [1.29, 1.82) is 0 Å². The van der Waals surface area contributed by atoms with Gasteiger partial charge in [0.05, 0.1) is 4.92 Å². The highest BCUT2D eigenvalue weighted by Crippen LogP contribution is 2.27. The van der Waals surface area contributed by atoms with Gasteiger partial charge >= 0.3 is 0 Å². The van der Waals surface area contributed by atoms with Crippen LogP contribution in [0.3, 0.4) is 0 Å².